The summed E-state index contributed by atoms with van der Waals surface area (Å²) in [6, 6.07) is 11.4. The van der Waals surface area contributed by atoms with E-state index in [4.69, 9.17) is 9.47 Å². The fraction of sp³-hybridized carbons (Fsp3) is 0.333. The van der Waals surface area contributed by atoms with Crippen LogP contribution < -0.4 is 14.8 Å². The Labute approximate surface area is 168 Å². The van der Waals surface area contributed by atoms with E-state index in [9.17, 15) is 4.79 Å². The van der Waals surface area contributed by atoms with Crippen LogP contribution in [0.25, 0.3) is 5.82 Å². The minimum atomic E-state index is -0.116. The third-order valence-corrected chi connectivity index (χ3v) is 4.79. The molecule has 0 fully saturated rings. The molecule has 0 saturated carbocycles. The Bertz CT molecular complexity index is 1040. The third-order valence-electron chi connectivity index (χ3n) is 4.79. The molecule has 29 heavy (non-hydrogen) atoms. The lowest BCUT2D eigenvalue weighted by Gasteiger charge is -2.24. The van der Waals surface area contributed by atoms with Crippen LogP contribution in [0.2, 0.25) is 0 Å². The number of aromatic nitrogens is 4. The first-order valence-corrected chi connectivity index (χ1v) is 9.50. The number of carbonyl (C=O) groups is 1. The molecule has 0 saturated heterocycles. The summed E-state index contributed by atoms with van der Waals surface area (Å²) in [5.74, 6) is 2.15. The summed E-state index contributed by atoms with van der Waals surface area (Å²) >= 11 is 0. The van der Waals surface area contributed by atoms with Crippen molar-refractivity contribution < 1.29 is 14.3 Å². The van der Waals surface area contributed by atoms with Crippen molar-refractivity contribution in [3.05, 3.63) is 53.2 Å². The van der Waals surface area contributed by atoms with Crippen LogP contribution in [0.3, 0.4) is 0 Å². The highest BCUT2D eigenvalue weighted by molar-refractivity contribution is 5.95. The molecular weight excluding hydrogens is 370 g/mol. The van der Waals surface area contributed by atoms with E-state index in [0.29, 0.717) is 23.9 Å². The van der Waals surface area contributed by atoms with Gasteiger partial charge in [-0.3, -0.25) is 4.79 Å². The number of hydrogen-bond donors (Lipinski definition) is 1. The Morgan fingerprint density at radius 1 is 1.21 bits per heavy atom. The maximum Gasteiger partial charge on any atom is 0.233 e. The third kappa shape index (κ3) is 3.65. The van der Waals surface area contributed by atoms with Crippen molar-refractivity contribution in [1.29, 1.82) is 0 Å². The first kappa shape index (κ1) is 18.9. The maximum absolute atomic E-state index is 12.5. The molecule has 3 aromatic rings. The normalized spacial score (nSPS) is 15.8. The van der Waals surface area contributed by atoms with Crippen LogP contribution in [0.1, 0.15) is 43.0 Å². The molecule has 1 aromatic carbocycles. The van der Waals surface area contributed by atoms with E-state index in [1.165, 1.54) is 7.11 Å². The summed E-state index contributed by atoms with van der Waals surface area (Å²) in [6.07, 6.45) is 0.424. The number of carbonyl (C=O) groups excluding carboxylic acids is 1. The van der Waals surface area contributed by atoms with Gasteiger partial charge in [0.25, 0.3) is 0 Å². The van der Waals surface area contributed by atoms with Crippen molar-refractivity contribution in [2.24, 2.45) is 0 Å². The van der Waals surface area contributed by atoms with Gasteiger partial charge >= 0.3 is 0 Å². The zero-order valence-electron chi connectivity index (χ0n) is 16.8. The predicted molar refractivity (Wildman–Crippen MR) is 108 cm³/mol. The average Bonchev–Trinajstić information content (AvgIpc) is 3.03. The topological polar surface area (TPSA) is 91.2 Å². The van der Waals surface area contributed by atoms with Gasteiger partial charge in [-0.25, -0.2) is 0 Å². The van der Waals surface area contributed by atoms with E-state index in [2.05, 4.69) is 20.6 Å². The minimum absolute atomic E-state index is 0.0692. The maximum atomic E-state index is 12.5. The Morgan fingerprint density at radius 3 is 2.72 bits per heavy atom. The zero-order chi connectivity index (χ0) is 20.5. The molecule has 1 N–H and O–H groups in total. The number of aryl methyl sites for hydroxylation is 1. The molecule has 0 bridgehead atoms. The van der Waals surface area contributed by atoms with Gasteiger partial charge in [-0.05, 0) is 44.5 Å². The number of amides is 1. The fourth-order valence-electron chi connectivity index (χ4n) is 3.61. The number of rotatable bonds is 5. The Morgan fingerprint density at radius 2 is 2.03 bits per heavy atom. The van der Waals surface area contributed by atoms with E-state index in [-0.39, 0.29) is 17.9 Å². The number of anilines is 1. The van der Waals surface area contributed by atoms with Gasteiger partial charge < -0.3 is 14.8 Å². The van der Waals surface area contributed by atoms with E-state index in [1.54, 1.807) is 16.8 Å². The lowest BCUT2D eigenvalue weighted by atomic mass is 9.86. The summed E-state index contributed by atoms with van der Waals surface area (Å²) in [4.78, 5) is 12.5. The van der Waals surface area contributed by atoms with Crippen molar-refractivity contribution >= 4 is 11.7 Å². The van der Waals surface area contributed by atoms with Crippen LogP contribution in [0.5, 0.6) is 11.6 Å². The van der Waals surface area contributed by atoms with Crippen LogP contribution in [-0.4, -0.2) is 39.1 Å². The zero-order valence-corrected chi connectivity index (χ0v) is 16.8. The molecule has 0 spiro atoms. The van der Waals surface area contributed by atoms with Crippen molar-refractivity contribution in [2.75, 3.05) is 12.4 Å². The van der Waals surface area contributed by atoms with Crippen molar-refractivity contribution in [1.82, 2.24) is 20.0 Å². The number of nitrogens with zero attached hydrogens (tertiary/aromatic N) is 4. The molecule has 2 aromatic heterocycles. The van der Waals surface area contributed by atoms with Gasteiger partial charge in [0.2, 0.25) is 11.8 Å². The molecule has 8 heteroatoms. The number of methoxy groups -OCH3 is 1. The van der Waals surface area contributed by atoms with Crippen molar-refractivity contribution in [3.63, 3.8) is 0 Å². The average molecular weight is 393 g/mol. The van der Waals surface area contributed by atoms with Crippen LogP contribution in [0.4, 0.5) is 5.82 Å². The fourth-order valence-corrected chi connectivity index (χ4v) is 3.61. The first-order valence-electron chi connectivity index (χ1n) is 9.50. The van der Waals surface area contributed by atoms with E-state index >= 15 is 0 Å². The van der Waals surface area contributed by atoms with Crippen LogP contribution in [0.15, 0.2) is 36.4 Å². The quantitative estimate of drug-likeness (QED) is 0.716. The van der Waals surface area contributed by atoms with Crippen LogP contribution in [-0.2, 0) is 4.79 Å². The molecule has 3 heterocycles. The van der Waals surface area contributed by atoms with Gasteiger partial charge in [0.1, 0.15) is 11.6 Å². The first-order chi connectivity index (χ1) is 14.0. The van der Waals surface area contributed by atoms with Crippen molar-refractivity contribution in [2.45, 2.75) is 39.2 Å². The number of nitrogens with one attached hydrogen (secondary N) is 1. The second-order valence-corrected chi connectivity index (χ2v) is 7.24. The number of benzene rings is 1. The molecule has 150 valence electrons. The second kappa shape index (κ2) is 7.54. The van der Waals surface area contributed by atoms with Gasteiger partial charge in [0, 0.05) is 24.0 Å². The van der Waals surface area contributed by atoms with Gasteiger partial charge in [0.05, 0.1) is 18.9 Å². The SMILES string of the molecule is COc1ccc(-n2nc(C)c3c2NC(=O)C[C@H]3c2cccc(OC(C)C)c2)nn1. The summed E-state index contributed by atoms with van der Waals surface area (Å²) in [6.45, 7) is 5.91. The summed E-state index contributed by atoms with van der Waals surface area (Å²) in [5.41, 5.74) is 2.82. The molecule has 8 nitrogen and oxygen atoms in total. The highest BCUT2D eigenvalue weighted by atomic mass is 16.5. The highest BCUT2D eigenvalue weighted by Crippen LogP contribution is 2.40. The smallest absolute Gasteiger partial charge is 0.233 e. The predicted octanol–water partition coefficient (Wildman–Crippen LogP) is 3.24. The molecule has 0 aliphatic carbocycles. The standard InChI is InChI=1S/C21H23N5O3/c1-12(2)29-15-7-5-6-14(10-15)16-11-18(27)22-21-20(16)13(3)25-26(21)17-8-9-19(28-4)24-23-17/h5-10,12,16H,11H2,1-4H3,(H,22,27)/t16-/m0/s1. The highest BCUT2D eigenvalue weighted by Gasteiger charge is 2.33. The van der Waals surface area contributed by atoms with Crippen LogP contribution in [0, 0.1) is 6.92 Å². The number of ether oxygens (including phenoxy) is 2. The molecule has 0 radical (unpaired) electrons. The molecule has 0 unspecified atom stereocenters. The van der Waals surface area contributed by atoms with Crippen LogP contribution >= 0.6 is 0 Å². The Kier molecular flexibility index (Phi) is 4.92. The number of hydrogen-bond acceptors (Lipinski definition) is 6. The van der Waals surface area contributed by atoms with Gasteiger partial charge in [0.15, 0.2) is 5.82 Å². The van der Waals surface area contributed by atoms with Gasteiger partial charge in [-0.15, -0.1) is 10.2 Å². The summed E-state index contributed by atoms with van der Waals surface area (Å²) in [5, 5.41) is 15.8. The number of fused-ring (bicyclic) bond motifs is 1. The van der Waals surface area contributed by atoms with Gasteiger partial charge in [-0.2, -0.15) is 9.78 Å². The molecule has 4 rings (SSSR count). The molecule has 1 aliphatic heterocycles. The van der Waals surface area contributed by atoms with E-state index < -0.39 is 0 Å². The Hall–Kier alpha value is -3.42. The monoisotopic (exact) mass is 393 g/mol. The van der Waals surface area contributed by atoms with Gasteiger partial charge in [-0.1, -0.05) is 12.1 Å². The molecule has 1 amide bonds. The minimum Gasteiger partial charge on any atom is -0.491 e. The lowest BCUT2D eigenvalue weighted by molar-refractivity contribution is -0.116. The van der Waals surface area contributed by atoms with E-state index in [1.807, 2.05) is 45.0 Å². The lowest BCUT2D eigenvalue weighted by Crippen LogP contribution is -2.25. The molecular formula is C21H23N5O3. The van der Waals surface area contributed by atoms with Crippen molar-refractivity contribution in [3.8, 4) is 17.4 Å². The molecule has 1 atom stereocenters. The largest absolute Gasteiger partial charge is 0.491 e. The summed E-state index contributed by atoms with van der Waals surface area (Å²) < 4.78 is 12.5. The summed E-state index contributed by atoms with van der Waals surface area (Å²) in [7, 11) is 1.53. The molecule has 1 aliphatic rings. The second-order valence-electron chi connectivity index (χ2n) is 7.24. The van der Waals surface area contributed by atoms with E-state index in [0.717, 1.165) is 22.6 Å². The Balaban J connectivity index is 1.78.